The van der Waals surface area contributed by atoms with Crippen molar-refractivity contribution in [2.45, 2.75) is 91.6 Å². The van der Waals surface area contributed by atoms with E-state index >= 15 is 0 Å². The molecule has 9 nitrogen and oxygen atoms in total. The smallest absolute Gasteiger partial charge is 0.444 e. The Morgan fingerprint density at radius 1 is 0.882 bits per heavy atom. The first-order valence-electron chi connectivity index (χ1n) is 10.7. The Bertz CT molecular complexity index is 834. The second-order valence-corrected chi connectivity index (χ2v) is 11.1. The number of rotatable bonds is 0. The molecule has 1 aromatic carbocycles. The van der Waals surface area contributed by atoms with Gasteiger partial charge in [-0.2, -0.15) is 0 Å². The zero-order valence-electron chi connectivity index (χ0n) is 21.9. The maximum absolute atomic E-state index is 10.0. The molecule has 2 amide bonds. The van der Waals surface area contributed by atoms with E-state index < -0.39 is 23.4 Å². The monoisotopic (exact) mass is 496 g/mol. The molecule has 0 atom stereocenters. The first-order valence-corrected chi connectivity index (χ1v) is 11.6. The predicted molar refractivity (Wildman–Crippen MR) is 137 cm³/mol. The Balaban J connectivity index is 0.000000428. The van der Waals surface area contributed by atoms with Crippen molar-refractivity contribution < 1.29 is 28.4 Å². The van der Waals surface area contributed by atoms with Gasteiger partial charge in [0.2, 0.25) is 0 Å². The van der Waals surface area contributed by atoms with E-state index in [9.17, 15) is 9.59 Å². The SMILES string of the molecule is CC(C)(C)OC(N)=O.CC(C)(C)OC(N)=O.CC1(C)O[B]OC1(C)C.c1ccc2scnc2c1. The summed E-state index contributed by atoms with van der Waals surface area (Å²) in [5, 5.41) is 0. The second-order valence-electron chi connectivity index (χ2n) is 10.2. The quantitative estimate of drug-likeness (QED) is 0.480. The van der Waals surface area contributed by atoms with Gasteiger partial charge in [-0.3, -0.25) is 0 Å². The third-order valence-electron chi connectivity index (χ3n) is 4.19. The van der Waals surface area contributed by atoms with Crippen LogP contribution in [0.5, 0.6) is 0 Å². The van der Waals surface area contributed by atoms with Crippen molar-refractivity contribution in [3.8, 4) is 0 Å². The Hall–Kier alpha value is -2.37. The predicted octanol–water partition coefficient (Wildman–Crippen LogP) is 5.18. The molecule has 1 saturated heterocycles. The fourth-order valence-corrected chi connectivity index (χ4v) is 2.63. The van der Waals surface area contributed by atoms with Gasteiger partial charge in [-0.05, 0) is 81.4 Å². The number of carbonyl (C=O) groups excluding carboxylic acids is 2. The van der Waals surface area contributed by atoms with E-state index in [1.54, 1.807) is 52.9 Å². The van der Waals surface area contributed by atoms with E-state index in [0.29, 0.717) is 0 Å². The minimum absolute atomic E-state index is 0.187. The van der Waals surface area contributed by atoms with Gasteiger partial charge in [-0.15, -0.1) is 11.3 Å². The van der Waals surface area contributed by atoms with Crippen LogP contribution in [0.15, 0.2) is 29.8 Å². The van der Waals surface area contributed by atoms with Crippen LogP contribution >= 0.6 is 11.3 Å². The summed E-state index contributed by atoms with van der Waals surface area (Å²) in [7, 11) is 1.42. The standard InChI is InChI=1S/C7H5NS.C6H12BO2.2C5H11NO2/c1-2-4-7-6(3-1)8-5-9-7;1-5(2)6(3,4)9-7-8-5;2*1-5(2,3)8-4(6)7/h1-5H;1-4H3;2*1-3H3,(H2,6,7). The molecule has 191 valence electrons. The zero-order valence-corrected chi connectivity index (χ0v) is 22.7. The Morgan fingerprint density at radius 3 is 1.56 bits per heavy atom. The third kappa shape index (κ3) is 14.0. The molecule has 1 radical (unpaired) electrons. The van der Waals surface area contributed by atoms with Gasteiger partial charge in [-0.25, -0.2) is 14.6 Å². The van der Waals surface area contributed by atoms with Crippen LogP contribution in [0, 0.1) is 0 Å². The number of nitrogens with zero attached hydrogens (tertiary/aromatic N) is 1. The van der Waals surface area contributed by atoms with Crippen molar-refractivity contribution in [3.05, 3.63) is 29.8 Å². The number of para-hydroxylation sites is 1. The first kappa shape index (κ1) is 31.6. The number of amides is 2. The maximum atomic E-state index is 10.0. The van der Waals surface area contributed by atoms with Crippen molar-refractivity contribution in [1.29, 1.82) is 0 Å². The van der Waals surface area contributed by atoms with Gasteiger partial charge < -0.3 is 30.2 Å². The van der Waals surface area contributed by atoms with Crippen LogP contribution < -0.4 is 11.5 Å². The average Bonchev–Trinajstić information content (AvgIpc) is 3.16. The molecule has 2 heterocycles. The van der Waals surface area contributed by atoms with E-state index in [4.69, 9.17) is 20.8 Å². The van der Waals surface area contributed by atoms with Crippen molar-refractivity contribution >= 4 is 41.4 Å². The van der Waals surface area contributed by atoms with Crippen LogP contribution in [0.4, 0.5) is 9.59 Å². The van der Waals surface area contributed by atoms with E-state index in [1.165, 1.54) is 12.4 Å². The summed E-state index contributed by atoms with van der Waals surface area (Å²) in [4.78, 5) is 24.2. The van der Waals surface area contributed by atoms with E-state index in [-0.39, 0.29) is 11.2 Å². The van der Waals surface area contributed by atoms with Gasteiger partial charge in [0.15, 0.2) is 0 Å². The van der Waals surface area contributed by atoms with Gasteiger partial charge in [0, 0.05) is 0 Å². The minimum atomic E-state index is -0.725. The van der Waals surface area contributed by atoms with Crippen LogP contribution in [0.25, 0.3) is 10.2 Å². The highest BCUT2D eigenvalue weighted by atomic mass is 32.1. The number of thiazole rings is 1. The summed E-state index contributed by atoms with van der Waals surface area (Å²) in [6.07, 6.45) is -1.45. The van der Waals surface area contributed by atoms with Crippen LogP contribution in [0.1, 0.15) is 69.2 Å². The minimum Gasteiger partial charge on any atom is -0.444 e. The van der Waals surface area contributed by atoms with E-state index in [1.807, 2.05) is 51.4 Å². The maximum Gasteiger partial charge on any atom is 0.488 e. The lowest BCUT2D eigenvalue weighted by Gasteiger charge is -2.32. The lowest BCUT2D eigenvalue weighted by Crippen LogP contribution is -2.41. The number of ether oxygens (including phenoxy) is 2. The summed E-state index contributed by atoms with van der Waals surface area (Å²) in [5.41, 5.74) is 11.1. The van der Waals surface area contributed by atoms with Crippen LogP contribution in [-0.4, -0.2) is 47.3 Å². The molecule has 1 fully saturated rings. The van der Waals surface area contributed by atoms with Crippen LogP contribution in [-0.2, 0) is 18.8 Å². The van der Waals surface area contributed by atoms with Gasteiger partial charge in [-0.1, -0.05) is 12.1 Å². The van der Waals surface area contributed by atoms with Gasteiger partial charge in [0.1, 0.15) is 11.2 Å². The van der Waals surface area contributed by atoms with Crippen molar-refractivity contribution in [1.82, 2.24) is 4.98 Å². The molecule has 4 N–H and O–H groups in total. The molecule has 3 rings (SSSR count). The molecular formula is C23H39BN3O6S. The molecule has 0 aliphatic carbocycles. The largest absolute Gasteiger partial charge is 0.488 e. The topological polar surface area (TPSA) is 136 Å². The number of aromatic nitrogens is 1. The molecule has 11 heteroatoms. The lowest BCUT2D eigenvalue weighted by atomic mass is 9.90. The highest BCUT2D eigenvalue weighted by Crippen LogP contribution is 2.33. The zero-order chi connectivity index (χ0) is 26.8. The van der Waals surface area contributed by atoms with Crippen molar-refractivity contribution in [2.24, 2.45) is 11.5 Å². The lowest BCUT2D eigenvalue weighted by molar-refractivity contribution is 0.00578. The molecule has 0 unspecified atom stereocenters. The highest BCUT2D eigenvalue weighted by Gasteiger charge is 2.44. The molecule has 0 bridgehead atoms. The molecule has 1 aliphatic rings. The Kier molecular flexibility index (Phi) is 12.0. The van der Waals surface area contributed by atoms with Gasteiger partial charge in [0.25, 0.3) is 0 Å². The normalized spacial score (nSPS) is 15.7. The van der Waals surface area contributed by atoms with Gasteiger partial charge in [0.05, 0.1) is 26.9 Å². The van der Waals surface area contributed by atoms with E-state index in [2.05, 4.69) is 20.5 Å². The highest BCUT2D eigenvalue weighted by molar-refractivity contribution is 7.16. The summed E-state index contributed by atoms with van der Waals surface area (Å²) in [5.74, 6) is 0. The molecule has 0 spiro atoms. The number of benzene rings is 1. The molecular weight excluding hydrogens is 457 g/mol. The second kappa shape index (κ2) is 12.9. The number of nitrogens with two attached hydrogens (primary N) is 2. The number of primary amides is 2. The summed E-state index contributed by atoms with van der Waals surface area (Å²) in [6.45, 7) is 18.6. The Labute approximate surface area is 207 Å². The average molecular weight is 496 g/mol. The van der Waals surface area contributed by atoms with Crippen LogP contribution in [0.3, 0.4) is 0 Å². The molecule has 2 aromatic rings. The summed E-state index contributed by atoms with van der Waals surface area (Å²) in [6, 6.07) is 8.13. The molecule has 1 aliphatic heterocycles. The number of hydrogen-bond donors (Lipinski definition) is 2. The summed E-state index contributed by atoms with van der Waals surface area (Å²) >= 11 is 1.68. The fraction of sp³-hybridized carbons (Fsp3) is 0.609. The third-order valence-corrected chi connectivity index (χ3v) is 5.00. The number of fused-ring (bicyclic) bond motifs is 1. The van der Waals surface area contributed by atoms with Crippen molar-refractivity contribution in [3.63, 3.8) is 0 Å². The molecule has 34 heavy (non-hydrogen) atoms. The Morgan fingerprint density at radius 2 is 1.29 bits per heavy atom. The molecule has 0 saturated carbocycles. The van der Waals surface area contributed by atoms with Crippen molar-refractivity contribution in [2.75, 3.05) is 0 Å². The fourth-order valence-electron chi connectivity index (χ4n) is 1.96. The summed E-state index contributed by atoms with van der Waals surface area (Å²) < 4.78 is 20.8. The number of hydrogen-bond acceptors (Lipinski definition) is 8. The first-order chi connectivity index (χ1) is 15.3. The van der Waals surface area contributed by atoms with E-state index in [0.717, 1.165) is 5.52 Å². The molecule has 1 aromatic heterocycles. The number of carbonyl (C=O) groups is 2. The van der Waals surface area contributed by atoms with Crippen LogP contribution in [0.2, 0.25) is 0 Å². The van der Waals surface area contributed by atoms with Gasteiger partial charge >= 0.3 is 19.9 Å².